The van der Waals surface area contributed by atoms with Crippen molar-refractivity contribution >= 4 is 17.7 Å². The van der Waals surface area contributed by atoms with Gasteiger partial charge in [-0.3, -0.25) is 9.59 Å². The van der Waals surface area contributed by atoms with Crippen molar-refractivity contribution in [3.05, 3.63) is 23.9 Å². The van der Waals surface area contributed by atoms with Gasteiger partial charge in [-0.1, -0.05) is 0 Å². The number of pyridine rings is 1. The van der Waals surface area contributed by atoms with Crippen LogP contribution in [-0.4, -0.2) is 35.1 Å². The molecule has 3 N–H and O–H groups in total. The van der Waals surface area contributed by atoms with E-state index in [9.17, 15) is 9.59 Å². The molecule has 1 amide bonds. The van der Waals surface area contributed by atoms with Crippen LogP contribution in [0.2, 0.25) is 0 Å². The van der Waals surface area contributed by atoms with E-state index in [1.165, 1.54) is 6.20 Å². The molecule has 0 atom stereocenters. The number of nitrogens with one attached hydrogen (secondary N) is 2. The molecule has 0 bridgehead atoms. The molecule has 0 spiro atoms. The number of hydrogen-bond acceptors (Lipinski definition) is 4. The summed E-state index contributed by atoms with van der Waals surface area (Å²) in [4.78, 5) is 25.6. The number of carboxylic acid groups (broad SMARTS) is 1. The number of aromatic nitrogens is 1. The first-order valence-electron chi connectivity index (χ1n) is 4.83. The Bertz CT molecular complexity index is 375. The molecule has 0 radical (unpaired) electrons. The topological polar surface area (TPSA) is 91.3 Å². The third-order valence-corrected chi connectivity index (χ3v) is 1.78. The number of amides is 1. The van der Waals surface area contributed by atoms with Crippen LogP contribution in [0.25, 0.3) is 0 Å². The van der Waals surface area contributed by atoms with Gasteiger partial charge < -0.3 is 15.7 Å². The standard InChI is InChI=1S/C10H13N3O3/c1-2-11-10(16)7-3-4-8(12-5-7)13-6-9(14)15/h3-5H,2,6H2,1H3,(H,11,16)(H,12,13)(H,14,15). The molecule has 6 heteroatoms. The maximum Gasteiger partial charge on any atom is 0.322 e. The van der Waals surface area contributed by atoms with Crippen LogP contribution in [0.3, 0.4) is 0 Å². The Balaban J connectivity index is 2.60. The molecular weight excluding hydrogens is 210 g/mol. The van der Waals surface area contributed by atoms with Gasteiger partial charge in [-0.25, -0.2) is 4.98 Å². The molecular formula is C10H13N3O3. The maximum absolute atomic E-state index is 11.4. The van der Waals surface area contributed by atoms with Crippen molar-refractivity contribution in [3.63, 3.8) is 0 Å². The van der Waals surface area contributed by atoms with Gasteiger partial charge in [0.15, 0.2) is 0 Å². The third kappa shape index (κ3) is 3.56. The molecule has 0 aliphatic carbocycles. The van der Waals surface area contributed by atoms with E-state index in [2.05, 4.69) is 15.6 Å². The number of carbonyl (C=O) groups excluding carboxylic acids is 1. The Morgan fingerprint density at radius 3 is 2.69 bits per heavy atom. The number of nitrogens with zero attached hydrogens (tertiary/aromatic N) is 1. The summed E-state index contributed by atoms with van der Waals surface area (Å²) in [6.07, 6.45) is 1.40. The van der Waals surface area contributed by atoms with E-state index in [1.54, 1.807) is 12.1 Å². The van der Waals surface area contributed by atoms with Gasteiger partial charge in [0.1, 0.15) is 12.4 Å². The van der Waals surface area contributed by atoms with Crippen LogP contribution in [0, 0.1) is 0 Å². The number of rotatable bonds is 5. The summed E-state index contributed by atoms with van der Waals surface area (Å²) in [6, 6.07) is 3.15. The SMILES string of the molecule is CCNC(=O)c1ccc(NCC(=O)O)nc1. The molecule has 1 aromatic heterocycles. The number of carboxylic acids is 1. The minimum atomic E-state index is -0.963. The highest BCUT2D eigenvalue weighted by Gasteiger charge is 2.04. The lowest BCUT2D eigenvalue weighted by Gasteiger charge is -2.04. The molecule has 6 nitrogen and oxygen atoms in total. The summed E-state index contributed by atoms with van der Waals surface area (Å²) < 4.78 is 0. The number of hydrogen-bond donors (Lipinski definition) is 3. The molecule has 0 fully saturated rings. The molecule has 0 unspecified atom stereocenters. The van der Waals surface area contributed by atoms with E-state index >= 15 is 0 Å². The average molecular weight is 223 g/mol. The highest BCUT2D eigenvalue weighted by molar-refractivity contribution is 5.94. The van der Waals surface area contributed by atoms with Crippen molar-refractivity contribution in [1.82, 2.24) is 10.3 Å². The second-order valence-corrected chi connectivity index (χ2v) is 3.04. The molecule has 1 aromatic rings. The molecule has 86 valence electrons. The van der Waals surface area contributed by atoms with Gasteiger partial charge in [0.05, 0.1) is 5.56 Å². The molecule has 0 aliphatic heterocycles. The predicted molar refractivity (Wildman–Crippen MR) is 58.4 cm³/mol. The Kier molecular flexibility index (Phi) is 4.26. The zero-order valence-corrected chi connectivity index (χ0v) is 8.86. The lowest BCUT2D eigenvalue weighted by Crippen LogP contribution is -2.22. The van der Waals surface area contributed by atoms with Gasteiger partial charge in [-0.2, -0.15) is 0 Å². The molecule has 0 aliphatic rings. The highest BCUT2D eigenvalue weighted by atomic mass is 16.4. The van der Waals surface area contributed by atoms with Crippen molar-refractivity contribution in [2.24, 2.45) is 0 Å². The molecule has 16 heavy (non-hydrogen) atoms. The van der Waals surface area contributed by atoms with Crippen LogP contribution in [0.1, 0.15) is 17.3 Å². The Hall–Kier alpha value is -2.11. The molecule has 0 saturated carbocycles. The Labute approximate surface area is 92.7 Å². The summed E-state index contributed by atoms with van der Waals surface area (Å²) in [5.41, 5.74) is 0.447. The van der Waals surface area contributed by atoms with E-state index < -0.39 is 5.97 Å². The van der Waals surface area contributed by atoms with E-state index in [1.807, 2.05) is 6.92 Å². The van der Waals surface area contributed by atoms with Crippen LogP contribution in [0.15, 0.2) is 18.3 Å². The second-order valence-electron chi connectivity index (χ2n) is 3.04. The smallest absolute Gasteiger partial charge is 0.322 e. The Morgan fingerprint density at radius 2 is 2.19 bits per heavy atom. The minimum Gasteiger partial charge on any atom is -0.480 e. The first-order valence-corrected chi connectivity index (χ1v) is 4.83. The molecule has 0 saturated heterocycles. The monoisotopic (exact) mass is 223 g/mol. The van der Waals surface area contributed by atoms with Crippen molar-refractivity contribution in [2.75, 3.05) is 18.4 Å². The van der Waals surface area contributed by atoms with Crippen LogP contribution in [-0.2, 0) is 4.79 Å². The van der Waals surface area contributed by atoms with E-state index in [-0.39, 0.29) is 12.5 Å². The largest absolute Gasteiger partial charge is 0.480 e. The number of carbonyl (C=O) groups is 2. The van der Waals surface area contributed by atoms with E-state index in [0.717, 1.165) is 0 Å². The lowest BCUT2D eigenvalue weighted by molar-refractivity contribution is -0.134. The first kappa shape index (κ1) is 12.0. The predicted octanol–water partition coefficient (Wildman–Crippen LogP) is 0.328. The van der Waals surface area contributed by atoms with Crippen LogP contribution < -0.4 is 10.6 Å². The molecule has 0 aromatic carbocycles. The third-order valence-electron chi connectivity index (χ3n) is 1.78. The van der Waals surface area contributed by atoms with Crippen molar-refractivity contribution in [1.29, 1.82) is 0 Å². The normalized spacial score (nSPS) is 9.56. The highest BCUT2D eigenvalue weighted by Crippen LogP contribution is 2.04. The van der Waals surface area contributed by atoms with Gasteiger partial charge in [-0.05, 0) is 19.1 Å². The van der Waals surface area contributed by atoms with Gasteiger partial charge in [0, 0.05) is 12.7 Å². The zero-order chi connectivity index (χ0) is 12.0. The molecule has 1 heterocycles. The number of aliphatic carboxylic acids is 1. The fourth-order valence-electron chi connectivity index (χ4n) is 1.06. The number of anilines is 1. The summed E-state index contributed by atoms with van der Waals surface area (Å²) in [7, 11) is 0. The van der Waals surface area contributed by atoms with E-state index in [4.69, 9.17) is 5.11 Å². The summed E-state index contributed by atoms with van der Waals surface area (Å²) >= 11 is 0. The quantitative estimate of drug-likeness (QED) is 0.669. The maximum atomic E-state index is 11.4. The lowest BCUT2D eigenvalue weighted by atomic mass is 10.2. The zero-order valence-electron chi connectivity index (χ0n) is 8.86. The van der Waals surface area contributed by atoms with Crippen LogP contribution in [0.4, 0.5) is 5.82 Å². The van der Waals surface area contributed by atoms with Crippen molar-refractivity contribution in [2.45, 2.75) is 6.92 Å². The van der Waals surface area contributed by atoms with Gasteiger partial charge in [0.25, 0.3) is 5.91 Å². The summed E-state index contributed by atoms with van der Waals surface area (Å²) in [5, 5.41) is 13.7. The molecule has 1 rings (SSSR count). The Morgan fingerprint density at radius 1 is 1.44 bits per heavy atom. The average Bonchev–Trinajstić information content (AvgIpc) is 2.27. The van der Waals surface area contributed by atoms with Crippen molar-refractivity contribution in [3.8, 4) is 0 Å². The minimum absolute atomic E-state index is 0.195. The first-order chi connectivity index (χ1) is 7.63. The van der Waals surface area contributed by atoms with Gasteiger partial charge in [-0.15, -0.1) is 0 Å². The summed E-state index contributed by atoms with van der Waals surface area (Å²) in [5.74, 6) is -0.732. The summed E-state index contributed by atoms with van der Waals surface area (Å²) in [6.45, 7) is 2.18. The van der Waals surface area contributed by atoms with E-state index in [0.29, 0.717) is 17.9 Å². The van der Waals surface area contributed by atoms with Crippen LogP contribution >= 0.6 is 0 Å². The van der Waals surface area contributed by atoms with Gasteiger partial charge in [0.2, 0.25) is 0 Å². The van der Waals surface area contributed by atoms with Crippen LogP contribution in [0.5, 0.6) is 0 Å². The fourth-order valence-corrected chi connectivity index (χ4v) is 1.06. The van der Waals surface area contributed by atoms with Gasteiger partial charge >= 0.3 is 5.97 Å². The second kappa shape index (κ2) is 5.69. The fraction of sp³-hybridized carbons (Fsp3) is 0.300. The van der Waals surface area contributed by atoms with Crippen molar-refractivity contribution < 1.29 is 14.7 Å².